The fourth-order valence-corrected chi connectivity index (χ4v) is 0. The quantitative estimate of drug-likeness (QED) is 0.326. The standard InChI is InChI=1S/In.H2O4S.Pb.5H/c;1-5(2,3)4;;;;;;/h;(H2,1,2,3,4);;;;;;. The molecule has 0 heterocycles. The van der Waals surface area contributed by atoms with Crippen LogP contribution in [0.4, 0.5) is 0 Å². The third-order valence-electron chi connectivity index (χ3n) is 0. The molecule has 0 bridgehead atoms. The molecule has 0 rings (SSSR count). The summed E-state index contributed by atoms with van der Waals surface area (Å²) in [4.78, 5) is 0. The summed E-state index contributed by atoms with van der Waals surface area (Å²) < 4.78 is 31.6. The molecule has 0 saturated carbocycles. The van der Waals surface area contributed by atoms with Gasteiger partial charge in [-0.3, -0.25) is 9.11 Å². The summed E-state index contributed by atoms with van der Waals surface area (Å²) in [5, 5.41) is 0. The maximum absolute atomic E-state index is 8.74. The number of hydrogen-bond acceptors (Lipinski definition) is 2. The molecule has 0 saturated heterocycles. The molecule has 0 aliphatic heterocycles. The molecular formula is H7InO4PbS. The molecule has 0 aromatic rings. The van der Waals surface area contributed by atoms with Crippen LogP contribution < -0.4 is 0 Å². The van der Waals surface area contributed by atoms with E-state index in [4.69, 9.17) is 17.5 Å². The minimum atomic E-state index is -4.67. The topological polar surface area (TPSA) is 74.6 Å². The molecular weight excluding hydrogens is 418 g/mol. The van der Waals surface area contributed by atoms with Crippen molar-refractivity contribution in [3.8, 4) is 0 Å². The van der Waals surface area contributed by atoms with Crippen molar-refractivity contribution < 1.29 is 17.5 Å². The molecule has 4 nitrogen and oxygen atoms in total. The number of rotatable bonds is 0. The van der Waals surface area contributed by atoms with Crippen LogP contribution in [0.25, 0.3) is 0 Å². The summed E-state index contributed by atoms with van der Waals surface area (Å²) in [6.07, 6.45) is 0. The van der Waals surface area contributed by atoms with Crippen LogP contribution in [0.15, 0.2) is 0 Å². The predicted octanol–water partition coefficient (Wildman–Crippen LogP) is -2.75. The summed E-state index contributed by atoms with van der Waals surface area (Å²) in [7, 11) is -4.67. The van der Waals surface area contributed by atoms with Gasteiger partial charge in [-0.25, -0.2) is 0 Å². The molecule has 0 aliphatic rings. The van der Waals surface area contributed by atoms with Crippen molar-refractivity contribution in [1.29, 1.82) is 0 Å². The van der Waals surface area contributed by atoms with E-state index in [1.54, 1.807) is 0 Å². The van der Waals surface area contributed by atoms with E-state index in [1.165, 1.54) is 0 Å². The van der Waals surface area contributed by atoms with Gasteiger partial charge in [-0.05, 0) is 0 Å². The minimum absolute atomic E-state index is 0. The van der Waals surface area contributed by atoms with Gasteiger partial charge < -0.3 is 0 Å². The van der Waals surface area contributed by atoms with E-state index >= 15 is 0 Å². The van der Waals surface area contributed by atoms with Crippen molar-refractivity contribution in [2.24, 2.45) is 0 Å². The molecule has 0 aromatic carbocycles. The Balaban J connectivity index is -0.0000000800. The summed E-state index contributed by atoms with van der Waals surface area (Å²) in [5.41, 5.74) is 0. The van der Waals surface area contributed by atoms with Gasteiger partial charge in [0.25, 0.3) is 0 Å². The molecule has 0 aliphatic carbocycles. The van der Waals surface area contributed by atoms with Crippen LogP contribution in [0.5, 0.6) is 0 Å². The Hall–Kier alpha value is 1.66. The van der Waals surface area contributed by atoms with Gasteiger partial charge in [0.15, 0.2) is 0 Å². The molecule has 0 unspecified atom stereocenters. The average molecular weight is 425 g/mol. The van der Waals surface area contributed by atoms with E-state index in [-0.39, 0.29) is 53.1 Å². The van der Waals surface area contributed by atoms with E-state index in [1.807, 2.05) is 0 Å². The number of hydrogen-bond donors (Lipinski definition) is 2. The van der Waals surface area contributed by atoms with Gasteiger partial charge in [-0.2, -0.15) is 8.42 Å². The fraction of sp³-hybridized carbons (Fsp3) is 0. The molecule has 0 amide bonds. The van der Waals surface area contributed by atoms with Gasteiger partial charge in [0.05, 0.1) is 0 Å². The fourth-order valence-electron chi connectivity index (χ4n) is 0. The monoisotopic (exact) mass is 426 g/mol. The zero-order valence-corrected chi connectivity index (χ0v) is 9.14. The summed E-state index contributed by atoms with van der Waals surface area (Å²) in [6, 6.07) is 0. The Labute approximate surface area is 80.2 Å². The second-order valence-electron chi connectivity index (χ2n) is 0.448. The molecule has 0 atom stereocenters. The molecule has 2 N–H and O–H groups in total. The van der Waals surface area contributed by atoms with Gasteiger partial charge >= 0.3 is 63.5 Å². The van der Waals surface area contributed by atoms with E-state index < -0.39 is 10.4 Å². The van der Waals surface area contributed by atoms with E-state index in [2.05, 4.69) is 0 Å². The van der Waals surface area contributed by atoms with Crippen LogP contribution in [0.1, 0.15) is 0 Å². The van der Waals surface area contributed by atoms with Gasteiger partial charge in [-0.1, -0.05) is 0 Å². The van der Waals surface area contributed by atoms with Crippen LogP contribution in [0, 0.1) is 0 Å². The zero-order chi connectivity index (χ0) is 4.50. The Morgan fingerprint density at radius 2 is 1.14 bits per heavy atom. The van der Waals surface area contributed by atoms with Crippen molar-refractivity contribution in [1.82, 2.24) is 0 Å². The Bertz CT molecular complexity index is 94.9. The first-order valence-corrected chi connectivity index (χ1v) is 2.10. The van der Waals surface area contributed by atoms with Gasteiger partial charge in [0.2, 0.25) is 0 Å². The van der Waals surface area contributed by atoms with Gasteiger partial charge in [-0.15, -0.1) is 0 Å². The van der Waals surface area contributed by atoms with Gasteiger partial charge in [0.1, 0.15) is 0 Å². The van der Waals surface area contributed by atoms with Crippen molar-refractivity contribution >= 4 is 63.5 Å². The molecule has 0 spiro atoms. The van der Waals surface area contributed by atoms with Crippen molar-refractivity contribution in [3.05, 3.63) is 0 Å². The first-order valence-electron chi connectivity index (χ1n) is 0.698. The first kappa shape index (κ1) is 15.9. The van der Waals surface area contributed by atoms with Crippen molar-refractivity contribution in [2.75, 3.05) is 0 Å². The predicted molar refractivity (Wildman–Crippen MR) is 32.7 cm³/mol. The molecule has 44 valence electrons. The van der Waals surface area contributed by atoms with E-state index in [9.17, 15) is 0 Å². The first-order chi connectivity index (χ1) is 2.00. The van der Waals surface area contributed by atoms with E-state index in [0.717, 1.165) is 0 Å². The van der Waals surface area contributed by atoms with Crippen LogP contribution in [-0.4, -0.2) is 70.7 Å². The third-order valence-corrected chi connectivity index (χ3v) is 0. The molecule has 7 heavy (non-hydrogen) atoms. The van der Waals surface area contributed by atoms with Crippen molar-refractivity contribution in [3.63, 3.8) is 0 Å². The molecule has 0 fully saturated rings. The van der Waals surface area contributed by atoms with Crippen molar-refractivity contribution in [2.45, 2.75) is 0 Å². The van der Waals surface area contributed by atoms with E-state index in [0.29, 0.717) is 0 Å². The summed E-state index contributed by atoms with van der Waals surface area (Å²) in [6.45, 7) is 0. The molecule has 7 heteroatoms. The average Bonchev–Trinajstić information content (AvgIpc) is 0.722. The normalized spacial score (nSPS) is 8.29. The van der Waals surface area contributed by atoms with Crippen LogP contribution in [0.3, 0.4) is 0 Å². The Kier molecular flexibility index (Phi) is 13.1. The van der Waals surface area contributed by atoms with Crippen LogP contribution in [0.2, 0.25) is 0 Å². The SMILES string of the molecule is O=S(=O)(O)O.[InH3].[PbH2]. The Morgan fingerprint density at radius 3 is 1.14 bits per heavy atom. The third kappa shape index (κ3) is 88.9. The van der Waals surface area contributed by atoms with Crippen LogP contribution in [-0.2, 0) is 10.4 Å². The Morgan fingerprint density at radius 1 is 1.14 bits per heavy atom. The zero-order valence-electron chi connectivity index (χ0n) is 2.83. The van der Waals surface area contributed by atoms with Gasteiger partial charge in [0, 0.05) is 0 Å². The van der Waals surface area contributed by atoms with Crippen LogP contribution >= 0.6 is 0 Å². The molecule has 0 aromatic heterocycles. The summed E-state index contributed by atoms with van der Waals surface area (Å²) >= 11 is 0. The second kappa shape index (κ2) is 5.79. The molecule has 2 radical (unpaired) electrons. The summed E-state index contributed by atoms with van der Waals surface area (Å²) in [5.74, 6) is 0. The second-order valence-corrected chi connectivity index (χ2v) is 1.34. The maximum atomic E-state index is 8.74.